The average Bonchev–Trinajstić information content (AvgIpc) is 3.10. The molecule has 0 unspecified atom stereocenters. The number of nitrogens with one attached hydrogen (secondary N) is 1. The van der Waals surface area contributed by atoms with E-state index in [2.05, 4.69) is 20.3 Å². The zero-order chi connectivity index (χ0) is 17.6. The lowest BCUT2D eigenvalue weighted by Gasteiger charge is -2.07. The van der Waals surface area contributed by atoms with E-state index in [1.807, 2.05) is 12.1 Å². The van der Waals surface area contributed by atoms with E-state index in [0.29, 0.717) is 11.3 Å². The summed E-state index contributed by atoms with van der Waals surface area (Å²) in [5.74, 6) is -0.335. The lowest BCUT2D eigenvalue weighted by Crippen LogP contribution is -2.11. The monoisotopic (exact) mass is 379 g/mol. The molecule has 5 nitrogen and oxygen atoms in total. The number of halogens is 2. The molecule has 1 aromatic heterocycles. The lowest BCUT2D eigenvalue weighted by atomic mass is 10.2. The Morgan fingerprint density at radius 1 is 1.12 bits per heavy atom. The second-order valence-corrected chi connectivity index (χ2v) is 6.84. The van der Waals surface area contributed by atoms with Crippen molar-refractivity contribution in [3.63, 3.8) is 0 Å². The molecule has 0 aliphatic carbocycles. The molecule has 1 heterocycles. The third-order valence-corrected chi connectivity index (χ3v) is 4.78. The molecule has 0 bridgehead atoms. The van der Waals surface area contributed by atoms with Gasteiger partial charge in [0.2, 0.25) is 0 Å². The summed E-state index contributed by atoms with van der Waals surface area (Å²) in [6.45, 7) is -2.89. The highest BCUT2D eigenvalue weighted by Gasteiger charge is 2.09. The highest BCUT2D eigenvalue weighted by atomic mass is 32.2. The maximum atomic E-state index is 12.2. The van der Waals surface area contributed by atoms with Gasteiger partial charge >= 0.3 is 6.61 Å². The van der Waals surface area contributed by atoms with Gasteiger partial charge in [-0.05, 0) is 48.5 Å². The molecular weight excluding hydrogens is 368 g/mol. The van der Waals surface area contributed by atoms with Gasteiger partial charge in [-0.25, -0.2) is 0 Å². The SMILES string of the molecule is O=C(Nc1ccc(Sc2nncs2)cc1)c1ccc(OC(F)F)cc1. The standard InChI is InChI=1S/C16H11F2N3O2S2/c17-15(18)23-12-5-1-10(2-6-12)14(22)20-11-3-7-13(8-4-11)25-16-21-19-9-24-16/h1-9,15H,(H,20,22). The summed E-state index contributed by atoms with van der Waals surface area (Å²) in [5.41, 5.74) is 2.63. The number of ether oxygens (including phenoxy) is 1. The number of aromatic nitrogens is 2. The van der Waals surface area contributed by atoms with Gasteiger partial charge in [0.25, 0.3) is 5.91 Å². The van der Waals surface area contributed by atoms with Crippen LogP contribution in [-0.2, 0) is 0 Å². The number of amides is 1. The van der Waals surface area contributed by atoms with Crippen LogP contribution in [0.5, 0.6) is 5.75 Å². The Labute approximate surface area is 150 Å². The Balaban J connectivity index is 1.60. The van der Waals surface area contributed by atoms with E-state index >= 15 is 0 Å². The second-order valence-electron chi connectivity index (χ2n) is 4.69. The molecule has 0 radical (unpaired) electrons. The highest BCUT2D eigenvalue weighted by molar-refractivity contribution is 8.01. The molecule has 0 aliphatic rings. The van der Waals surface area contributed by atoms with Crippen LogP contribution in [0.15, 0.2) is 63.3 Å². The summed E-state index contributed by atoms with van der Waals surface area (Å²) < 4.78 is 29.3. The molecule has 9 heteroatoms. The molecule has 0 aliphatic heterocycles. The molecule has 2 aromatic carbocycles. The van der Waals surface area contributed by atoms with E-state index in [-0.39, 0.29) is 11.7 Å². The minimum atomic E-state index is -2.89. The number of rotatable bonds is 6. The number of carbonyl (C=O) groups is 1. The van der Waals surface area contributed by atoms with Crippen LogP contribution in [0.1, 0.15) is 10.4 Å². The van der Waals surface area contributed by atoms with Gasteiger partial charge in [-0.2, -0.15) is 8.78 Å². The Morgan fingerprint density at radius 2 is 1.84 bits per heavy atom. The summed E-state index contributed by atoms with van der Waals surface area (Å²) in [5, 5.41) is 10.5. The van der Waals surface area contributed by atoms with Crippen molar-refractivity contribution in [2.75, 3.05) is 5.32 Å². The smallest absolute Gasteiger partial charge is 0.387 e. The second kappa shape index (κ2) is 8.04. The number of hydrogen-bond donors (Lipinski definition) is 1. The normalized spacial score (nSPS) is 10.7. The van der Waals surface area contributed by atoms with Crippen LogP contribution in [0, 0.1) is 0 Å². The van der Waals surface area contributed by atoms with Crippen molar-refractivity contribution in [1.82, 2.24) is 10.2 Å². The molecule has 3 rings (SSSR count). The third kappa shape index (κ3) is 4.97. The van der Waals surface area contributed by atoms with Crippen molar-refractivity contribution >= 4 is 34.7 Å². The van der Waals surface area contributed by atoms with E-state index in [0.717, 1.165) is 9.24 Å². The summed E-state index contributed by atoms with van der Waals surface area (Å²) in [6.07, 6.45) is 0. The molecule has 0 spiro atoms. The minimum Gasteiger partial charge on any atom is -0.435 e. The van der Waals surface area contributed by atoms with Crippen LogP contribution in [0.25, 0.3) is 0 Å². The van der Waals surface area contributed by atoms with Gasteiger partial charge in [0.1, 0.15) is 11.3 Å². The summed E-state index contributed by atoms with van der Waals surface area (Å²) in [6, 6.07) is 12.8. The Kier molecular flexibility index (Phi) is 5.56. The molecule has 1 N–H and O–H groups in total. The number of alkyl halides is 2. The minimum absolute atomic E-state index is 0.00426. The Hall–Kier alpha value is -2.52. The van der Waals surface area contributed by atoms with E-state index in [1.165, 1.54) is 47.4 Å². The first kappa shape index (κ1) is 17.3. The maximum Gasteiger partial charge on any atom is 0.387 e. The predicted octanol–water partition coefficient (Wildman–Crippen LogP) is 4.54. The van der Waals surface area contributed by atoms with Crippen molar-refractivity contribution < 1.29 is 18.3 Å². The van der Waals surface area contributed by atoms with Crippen LogP contribution < -0.4 is 10.1 Å². The number of carbonyl (C=O) groups excluding carboxylic acids is 1. The van der Waals surface area contributed by atoms with Crippen LogP contribution in [0.3, 0.4) is 0 Å². The van der Waals surface area contributed by atoms with Gasteiger partial charge in [-0.1, -0.05) is 23.1 Å². The van der Waals surface area contributed by atoms with E-state index < -0.39 is 6.61 Å². The Morgan fingerprint density at radius 3 is 2.44 bits per heavy atom. The van der Waals surface area contributed by atoms with Crippen molar-refractivity contribution in [2.24, 2.45) is 0 Å². The first-order valence-corrected chi connectivity index (χ1v) is 8.70. The van der Waals surface area contributed by atoms with Crippen LogP contribution in [0.4, 0.5) is 14.5 Å². The maximum absolute atomic E-state index is 12.2. The van der Waals surface area contributed by atoms with Gasteiger partial charge in [-0.3, -0.25) is 4.79 Å². The van der Waals surface area contributed by atoms with Gasteiger partial charge in [-0.15, -0.1) is 10.2 Å². The van der Waals surface area contributed by atoms with Gasteiger partial charge in [0.05, 0.1) is 0 Å². The van der Waals surface area contributed by atoms with E-state index in [1.54, 1.807) is 17.6 Å². The average molecular weight is 379 g/mol. The molecule has 0 atom stereocenters. The molecule has 128 valence electrons. The van der Waals surface area contributed by atoms with E-state index in [9.17, 15) is 13.6 Å². The van der Waals surface area contributed by atoms with Crippen molar-refractivity contribution in [2.45, 2.75) is 15.8 Å². The predicted molar refractivity (Wildman–Crippen MR) is 91.5 cm³/mol. The first-order chi connectivity index (χ1) is 12.1. The van der Waals surface area contributed by atoms with Crippen LogP contribution in [0.2, 0.25) is 0 Å². The number of hydrogen-bond acceptors (Lipinski definition) is 6. The van der Waals surface area contributed by atoms with Crippen molar-refractivity contribution in [3.05, 3.63) is 59.6 Å². The fourth-order valence-electron chi connectivity index (χ4n) is 1.91. The van der Waals surface area contributed by atoms with Gasteiger partial charge in [0, 0.05) is 16.1 Å². The summed E-state index contributed by atoms with van der Waals surface area (Å²) in [7, 11) is 0. The largest absolute Gasteiger partial charge is 0.435 e. The number of nitrogens with zero attached hydrogens (tertiary/aromatic N) is 2. The third-order valence-electron chi connectivity index (χ3n) is 3.00. The zero-order valence-electron chi connectivity index (χ0n) is 12.6. The fraction of sp³-hybridized carbons (Fsp3) is 0.0625. The van der Waals surface area contributed by atoms with Crippen molar-refractivity contribution in [1.29, 1.82) is 0 Å². The molecule has 0 fully saturated rings. The van der Waals surface area contributed by atoms with Crippen molar-refractivity contribution in [3.8, 4) is 5.75 Å². The molecule has 0 saturated heterocycles. The number of anilines is 1. The molecule has 25 heavy (non-hydrogen) atoms. The molecule has 1 amide bonds. The van der Waals surface area contributed by atoms with Crippen LogP contribution in [-0.4, -0.2) is 22.7 Å². The molecule has 0 saturated carbocycles. The fourth-order valence-corrected chi connectivity index (χ4v) is 3.36. The Bertz CT molecular complexity index is 826. The highest BCUT2D eigenvalue weighted by Crippen LogP contribution is 2.29. The molecule has 3 aromatic rings. The summed E-state index contributed by atoms with van der Waals surface area (Å²) in [4.78, 5) is 13.1. The van der Waals surface area contributed by atoms with Gasteiger partial charge < -0.3 is 10.1 Å². The topological polar surface area (TPSA) is 64.1 Å². The first-order valence-electron chi connectivity index (χ1n) is 7.00. The zero-order valence-corrected chi connectivity index (χ0v) is 14.2. The van der Waals surface area contributed by atoms with Gasteiger partial charge in [0.15, 0.2) is 4.34 Å². The summed E-state index contributed by atoms with van der Waals surface area (Å²) >= 11 is 2.93. The van der Waals surface area contributed by atoms with Crippen LogP contribution >= 0.6 is 23.1 Å². The number of benzene rings is 2. The quantitative estimate of drug-likeness (QED) is 0.681. The molecular formula is C16H11F2N3O2S2. The lowest BCUT2D eigenvalue weighted by molar-refractivity contribution is -0.0498. The van der Waals surface area contributed by atoms with E-state index in [4.69, 9.17) is 0 Å².